The maximum atomic E-state index is 13.3. The minimum Gasteiger partial charge on any atom is -0.494 e. The number of halogens is 1. The lowest BCUT2D eigenvalue weighted by Gasteiger charge is -2.24. The summed E-state index contributed by atoms with van der Waals surface area (Å²) in [4.78, 5) is 12.5. The van der Waals surface area contributed by atoms with Crippen molar-refractivity contribution in [2.45, 2.75) is 11.8 Å². The minimum atomic E-state index is -4.13. The minimum absolute atomic E-state index is 0.127. The average molecular weight is 473 g/mol. The van der Waals surface area contributed by atoms with Crippen LogP contribution in [0.3, 0.4) is 0 Å². The van der Waals surface area contributed by atoms with E-state index in [-0.39, 0.29) is 23.7 Å². The van der Waals surface area contributed by atoms with Crippen molar-refractivity contribution in [2.24, 2.45) is 0 Å². The van der Waals surface area contributed by atoms with Crippen LogP contribution in [0.25, 0.3) is 0 Å². The lowest BCUT2D eigenvalue weighted by molar-refractivity contribution is -0.119. The molecule has 0 bridgehead atoms. The van der Waals surface area contributed by atoms with Gasteiger partial charge in [0.2, 0.25) is 5.91 Å². The Kier molecular flexibility index (Phi) is 8.26. The summed E-state index contributed by atoms with van der Waals surface area (Å²) in [6.45, 7) is 2.26. The Bertz CT molecular complexity index is 1140. The van der Waals surface area contributed by atoms with Gasteiger partial charge >= 0.3 is 0 Å². The van der Waals surface area contributed by atoms with E-state index >= 15 is 0 Å². The molecule has 0 saturated heterocycles. The van der Waals surface area contributed by atoms with E-state index in [0.29, 0.717) is 18.1 Å². The Morgan fingerprint density at radius 2 is 1.55 bits per heavy atom. The summed E-state index contributed by atoms with van der Waals surface area (Å²) in [7, 11) is -4.13. The highest BCUT2D eigenvalue weighted by atomic mass is 32.2. The molecule has 7 nitrogen and oxygen atoms in total. The van der Waals surface area contributed by atoms with Gasteiger partial charge in [-0.3, -0.25) is 9.10 Å². The van der Waals surface area contributed by atoms with E-state index < -0.39 is 28.3 Å². The van der Waals surface area contributed by atoms with Crippen LogP contribution in [-0.4, -0.2) is 40.6 Å². The number of sulfonamides is 1. The number of nitrogens with zero attached hydrogens (tertiary/aromatic N) is 1. The number of benzene rings is 3. The average Bonchev–Trinajstić information content (AvgIpc) is 2.82. The van der Waals surface area contributed by atoms with Crippen molar-refractivity contribution < 1.29 is 27.1 Å². The molecule has 3 aromatic rings. The molecule has 0 radical (unpaired) electrons. The van der Waals surface area contributed by atoms with Crippen molar-refractivity contribution in [1.29, 1.82) is 0 Å². The monoisotopic (exact) mass is 472 g/mol. The third kappa shape index (κ3) is 6.69. The fourth-order valence-electron chi connectivity index (χ4n) is 2.99. The standard InChI is InChI=1S/C24H25FN2O5S/c1-2-31-22-12-10-20(11-13-22)27(33(29,30)23-14-8-19(25)9-15-23)18-24(28)26-16-17-32-21-6-4-3-5-7-21/h3-15H,2,16-18H2,1H3,(H,26,28). The van der Waals surface area contributed by atoms with E-state index in [1.54, 1.807) is 36.4 Å². The van der Waals surface area contributed by atoms with Crippen LogP contribution in [0, 0.1) is 5.82 Å². The smallest absolute Gasteiger partial charge is 0.264 e. The Labute approximate surface area is 192 Å². The largest absolute Gasteiger partial charge is 0.494 e. The summed E-state index contributed by atoms with van der Waals surface area (Å²) in [6.07, 6.45) is 0. The number of nitrogens with one attached hydrogen (secondary N) is 1. The van der Waals surface area contributed by atoms with Gasteiger partial charge in [0.25, 0.3) is 10.0 Å². The van der Waals surface area contributed by atoms with Crippen LogP contribution >= 0.6 is 0 Å². The second-order valence-electron chi connectivity index (χ2n) is 6.90. The van der Waals surface area contributed by atoms with Crippen molar-refractivity contribution in [3.63, 3.8) is 0 Å². The number of anilines is 1. The van der Waals surface area contributed by atoms with Gasteiger partial charge in [-0.15, -0.1) is 0 Å². The molecule has 0 unspecified atom stereocenters. The Morgan fingerprint density at radius 1 is 0.909 bits per heavy atom. The number of para-hydroxylation sites is 1. The molecule has 0 spiro atoms. The van der Waals surface area contributed by atoms with Crippen molar-refractivity contribution in [3.05, 3.63) is 84.7 Å². The molecule has 0 aromatic heterocycles. The first kappa shape index (κ1) is 24.1. The van der Waals surface area contributed by atoms with Gasteiger partial charge in [0.05, 0.1) is 23.7 Å². The first-order chi connectivity index (χ1) is 15.9. The van der Waals surface area contributed by atoms with Gasteiger partial charge in [0, 0.05) is 0 Å². The zero-order chi connectivity index (χ0) is 23.7. The van der Waals surface area contributed by atoms with E-state index in [2.05, 4.69) is 5.32 Å². The molecular formula is C24H25FN2O5S. The van der Waals surface area contributed by atoms with Gasteiger partial charge in [-0.05, 0) is 67.6 Å². The van der Waals surface area contributed by atoms with Crippen molar-refractivity contribution in [3.8, 4) is 11.5 Å². The molecule has 3 rings (SSSR count). The number of amides is 1. The zero-order valence-electron chi connectivity index (χ0n) is 18.1. The van der Waals surface area contributed by atoms with Crippen LogP contribution in [0.15, 0.2) is 83.8 Å². The summed E-state index contributed by atoms with van der Waals surface area (Å²) < 4.78 is 51.8. The normalized spacial score (nSPS) is 11.0. The summed E-state index contributed by atoms with van der Waals surface area (Å²) in [6, 6.07) is 19.9. The number of carbonyl (C=O) groups is 1. The highest BCUT2D eigenvalue weighted by Crippen LogP contribution is 2.26. The summed E-state index contributed by atoms with van der Waals surface area (Å²) in [5.74, 6) is 0.175. The molecule has 1 amide bonds. The molecule has 33 heavy (non-hydrogen) atoms. The first-order valence-electron chi connectivity index (χ1n) is 10.4. The van der Waals surface area contributed by atoms with Crippen LogP contribution in [0.4, 0.5) is 10.1 Å². The molecule has 0 saturated carbocycles. The fraction of sp³-hybridized carbons (Fsp3) is 0.208. The summed E-state index contributed by atoms with van der Waals surface area (Å²) in [5, 5.41) is 2.66. The first-order valence-corrected chi connectivity index (χ1v) is 11.8. The molecular weight excluding hydrogens is 447 g/mol. The maximum Gasteiger partial charge on any atom is 0.264 e. The maximum absolute atomic E-state index is 13.3. The number of hydrogen-bond donors (Lipinski definition) is 1. The molecule has 0 aliphatic rings. The topological polar surface area (TPSA) is 84.9 Å². The number of carbonyl (C=O) groups excluding carboxylic acids is 1. The lowest BCUT2D eigenvalue weighted by Crippen LogP contribution is -2.41. The second-order valence-corrected chi connectivity index (χ2v) is 8.77. The van der Waals surface area contributed by atoms with E-state index in [0.717, 1.165) is 28.6 Å². The quantitative estimate of drug-likeness (QED) is 0.431. The van der Waals surface area contributed by atoms with Gasteiger partial charge in [-0.25, -0.2) is 12.8 Å². The third-order valence-corrected chi connectivity index (χ3v) is 6.35. The van der Waals surface area contributed by atoms with Crippen LogP contribution < -0.4 is 19.1 Å². The lowest BCUT2D eigenvalue weighted by atomic mass is 10.3. The zero-order valence-corrected chi connectivity index (χ0v) is 18.9. The third-order valence-electron chi connectivity index (χ3n) is 4.56. The molecule has 0 aliphatic carbocycles. The van der Waals surface area contributed by atoms with Gasteiger partial charge in [0.15, 0.2) is 0 Å². The molecule has 0 heterocycles. The van der Waals surface area contributed by atoms with Gasteiger partial charge < -0.3 is 14.8 Å². The highest BCUT2D eigenvalue weighted by Gasteiger charge is 2.27. The summed E-state index contributed by atoms with van der Waals surface area (Å²) >= 11 is 0. The summed E-state index contributed by atoms with van der Waals surface area (Å²) in [5.41, 5.74) is 0.276. The van der Waals surface area contributed by atoms with Crippen LogP contribution in [0.1, 0.15) is 6.92 Å². The van der Waals surface area contributed by atoms with Crippen molar-refractivity contribution >= 4 is 21.6 Å². The van der Waals surface area contributed by atoms with Gasteiger partial charge in [-0.1, -0.05) is 18.2 Å². The molecule has 3 aromatic carbocycles. The Hall–Kier alpha value is -3.59. The molecule has 1 N–H and O–H groups in total. The van der Waals surface area contributed by atoms with Gasteiger partial charge in [-0.2, -0.15) is 0 Å². The van der Waals surface area contributed by atoms with Crippen molar-refractivity contribution in [1.82, 2.24) is 5.32 Å². The fourth-order valence-corrected chi connectivity index (χ4v) is 4.41. The molecule has 9 heteroatoms. The Morgan fingerprint density at radius 3 is 2.18 bits per heavy atom. The second kappa shape index (κ2) is 11.3. The number of rotatable bonds is 11. The van der Waals surface area contributed by atoms with Crippen LogP contribution in [0.2, 0.25) is 0 Å². The van der Waals surface area contributed by atoms with E-state index in [1.807, 2.05) is 25.1 Å². The number of hydrogen-bond acceptors (Lipinski definition) is 5. The van der Waals surface area contributed by atoms with Gasteiger partial charge in [0.1, 0.15) is 30.5 Å². The molecule has 0 atom stereocenters. The molecule has 0 fully saturated rings. The Balaban J connectivity index is 1.73. The van der Waals surface area contributed by atoms with Crippen molar-refractivity contribution in [2.75, 3.05) is 30.6 Å². The molecule has 174 valence electrons. The molecule has 0 aliphatic heterocycles. The predicted molar refractivity (Wildman–Crippen MR) is 123 cm³/mol. The van der Waals surface area contributed by atoms with Crippen LogP contribution in [-0.2, 0) is 14.8 Å². The van der Waals surface area contributed by atoms with E-state index in [1.165, 1.54) is 0 Å². The van der Waals surface area contributed by atoms with E-state index in [9.17, 15) is 17.6 Å². The predicted octanol–water partition coefficient (Wildman–Crippen LogP) is 3.61. The highest BCUT2D eigenvalue weighted by molar-refractivity contribution is 7.92. The SMILES string of the molecule is CCOc1ccc(N(CC(=O)NCCOc2ccccc2)S(=O)(=O)c2ccc(F)cc2)cc1. The van der Waals surface area contributed by atoms with E-state index in [4.69, 9.17) is 9.47 Å². The van der Waals surface area contributed by atoms with Crippen LogP contribution in [0.5, 0.6) is 11.5 Å². The number of ether oxygens (including phenoxy) is 2.